The van der Waals surface area contributed by atoms with Gasteiger partial charge in [0.1, 0.15) is 5.75 Å². The lowest BCUT2D eigenvalue weighted by Crippen LogP contribution is -2.33. The van der Waals surface area contributed by atoms with Crippen LogP contribution in [0.3, 0.4) is 0 Å². The van der Waals surface area contributed by atoms with Crippen molar-refractivity contribution in [2.75, 3.05) is 17.2 Å². The molecule has 2 heterocycles. The zero-order valence-electron chi connectivity index (χ0n) is 15.7. The van der Waals surface area contributed by atoms with E-state index in [0.29, 0.717) is 41.9 Å². The molecule has 0 atom stereocenters. The van der Waals surface area contributed by atoms with Gasteiger partial charge < -0.3 is 20.7 Å². The van der Waals surface area contributed by atoms with Crippen LogP contribution in [0.4, 0.5) is 29.3 Å². The van der Waals surface area contributed by atoms with Crippen LogP contribution in [0.25, 0.3) is 5.57 Å². The van der Waals surface area contributed by atoms with Gasteiger partial charge in [-0.3, -0.25) is 4.79 Å². The van der Waals surface area contributed by atoms with Crippen LogP contribution in [0.2, 0.25) is 0 Å². The van der Waals surface area contributed by atoms with Gasteiger partial charge in [0.05, 0.1) is 12.2 Å². The van der Waals surface area contributed by atoms with Gasteiger partial charge in [-0.2, -0.15) is 13.2 Å². The van der Waals surface area contributed by atoms with Crippen molar-refractivity contribution in [3.63, 3.8) is 0 Å². The highest BCUT2D eigenvalue weighted by molar-refractivity contribution is 6.05. The fourth-order valence-electron chi connectivity index (χ4n) is 3.42. The highest BCUT2D eigenvalue weighted by atomic mass is 19.4. The lowest BCUT2D eigenvalue weighted by atomic mass is 9.99. The van der Waals surface area contributed by atoms with Gasteiger partial charge >= 0.3 is 12.2 Å². The van der Waals surface area contributed by atoms with Gasteiger partial charge in [0, 0.05) is 29.6 Å². The molecule has 0 aliphatic carbocycles. The first-order chi connectivity index (χ1) is 14.3. The second-order valence-corrected chi connectivity index (χ2v) is 7.00. The van der Waals surface area contributed by atoms with E-state index in [-0.39, 0.29) is 18.4 Å². The van der Waals surface area contributed by atoms with E-state index < -0.39 is 17.6 Å². The Morgan fingerprint density at radius 3 is 2.80 bits per heavy atom. The molecule has 30 heavy (non-hydrogen) atoms. The van der Waals surface area contributed by atoms with Crippen molar-refractivity contribution in [1.29, 1.82) is 0 Å². The third-order valence-corrected chi connectivity index (χ3v) is 4.87. The maximum Gasteiger partial charge on any atom is 0.416 e. The monoisotopic (exact) mass is 417 g/mol. The Morgan fingerprint density at radius 2 is 2.00 bits per heavy atom. The molecular formula is C21H18F3N3O3. The summed E-state index contributed by atoms with van der Waals surface area (Å²) >= 11 is 0. The Morgan fingerprint density at radius 1 is 1.17 bits per heavy atom. The molecule has 0 saturated heterocycles. The summed E-state index contributed by atoms with van der Waals surface area (Å²) < 4.78 is 44.4. The first kappa shape index (κ1) is 19.8. The number of anilines is 2. The number of fused-ring (bicyclic) bond motifs is 2. The Bertz CT molecular complexity index is 1050. The minimum Gasteiger partial charge on any atom is -0.493 e. The maximum atomic E-state index is 13.0. The van der Waals surface area contributed by atoms with Crippen LogP contribution < -0.4 is 20.7 Å². The maximum absolute atomic E-state index is 13.0. The molecule has 2 aliphatic heterocycles. The second-order valence-electron chi connectivity index (χ2n) is 7.00. The van der Waals surface area contributed by atoms with Gasteiger partial charge in [0.2, 0.25) is 5.91 Å². The first-order valence-electron chi connectivity index (χ1n) is 9.33. The van der Waals surface area contributed by atoms with Gasteiger partial charge in [-0.05, 0) is 48.2 Å². The average Bonchev–Trinajstić information content (AvgIpc) is 2.88. The molecule has 3 N–H and O–H groups in total. The summed E-state index contributed by atoms with van der Waals surface area (Å²) in [6.07, 6.45) is -2.02. The zero-order valence-corrected chi connectivity index (χ0v) is 15.7. The molecule has 0 aromatic heterocycles. The molecule has 2 aliphatic rings. The van der Waals surface area contributed by atoms with Crippen molar-refractivity contribution < 1.29 is 27.5 Å². The molecule has 9 heteroatoms. The second kappa shape index (κ2) is 7.74. The van der Waals surface area contributed by atoms with E-state index >= 15 is 0 Å². The summed E-state index contributed by atoms with van der Waals surface area (Å²) in [5.74, 6) is -0.302. The molecule has 0 unspecified atom stereocenters. The molecule has 156 valence electrons. The number of rotatable bonds is 2. The van der Waals surface area contributed by atoms with Crippen LogP contribution in [0.15, 0.2) is 42.5 Å². The number of alkyl halides is 3. The largest absolute Gasteiger partial charge is 0.493 e. The first-order valence-corrected chi connectivity index (χ1v) is 9.33. The molecule has 2 aromatic rings. The number of allylic oxidation sites excluding steroid dienone is 1. The Kier molecular flexibility index (Phi) is 5.11. The number of ether oxygens (including phenoxy) is 1. The minimum absolute atomic E-state index is 0.116. The molecule has 0 radical (unpaired) electrons. The van der Waals surface area contributed by atoms with E-state index in [4.69, 9.17) is 4.74 Å². The SMILES string of the molecule is O=C(/C=C1\CCCOc2cc(C(F)(F)F)ccc21)Nc1ccc2c(c1)NC(=O)NC2. The molecule has 0 spiro atoms. The molecule has 2 aromatic carbocycles. The van der Waals surface area contributed by atoms with Crippen LogP contribution in [-0.2, 0) is 17.5 Å². The number of amides is 3. The van der Waals surface area contributed by atoms with Gasteiger partial charge in [-0.1, -0.05) is 12.1 Å². The molecule has 3 amide bonds. The van der Waals surface area contributed by atoms with E-state index in [9.17, 15) is 22.8 Å². The molecule has 0 bridgehead atoms. The summed E-state index contributed by atoms with van der Waals surface area (Å²) in [7, 11) is 0. The Labute approximate surface area is 170 Å². The van der Waals surface area contributed by atoms with E-state index in [1.807, 2.05) is 0 Å². The molecule has 4 rings (SSSR count). The van der Waals surface area contributed by atoms with Crippen LogP contribution in [-0.4, -0.2) is 18.5 Å². The lowest BCUT2D eigenvalue weighted by molar-refractivity contribution is -0.137. The normalized spacial score (nSPS) is 17.0. The summed E-state index contributed by atoms with van der Waals surface area (Å²) in [5, 5.41) is 8.05. The van der Waals surface area contributed by atoms with E-state index in [2.05, 4.69) is 16.0 Å². The summed E-state index contributed by atoms with van der Waals surface area (Å²) in [6.45, 7) is 0.669. The van der Waals surface area contributed by atoms with Crippen molar-refractivity contribution in [2.24, 2.45) is 0 Å². The fraction of sp³-hybridized carbons (Fsp3) is 0.238. The van der Waals surface area contributed by atoms with Crippen LogP contribution in [0.5, 0.6) is 5.75 Å². The topological polar surface area (TPSA) is 79.5 Å². The van der Waals surface area contributed by atoms with Gasteiger partial charge in [-0.25, -0.2) is 4.79 Å². The highest BCUT2D eigenvalue weighted by Gasteiger charge is 2.32. The smallest absolute Gasteiger partial charge is 0.416 e. The number of urea groups is 1. The number of carbonyl (C=O) groups excluding carboxylic acids is 2. The number of nitrogens with one attached hydrogen (secondary N) is 3. The number of benzene rings is 2. The van der Waals surface area contributed by atoms with Crippen molar-refractivity contribution >= 4 is 28.9 Å². The van der Waals surface area contributed by atoms with Crippen molar-refractivity contribution in [3.8, 4) is 5.75 Å². The number of hydrogen-bond acceptors (Lipinski definition) is 3. The zero-order chi connectivity index (χ0) is 21.3. The predicted molar refractivity (Wildman–Crippen MR) is 105 cm³/mol. The Balaban J connectivity index is 1.57. The average molecular weight is 417 g/mol. The summed E-state index contributed by atoms with van der Waals surface area (Å²) in [4.78, 5) is 24.0. The van der Waals surface area contributed by atoms with E-state index in [1.165, 1.54) is 12.1 Å². The third-order valence-electron chi connectivity index (χ3n) is 4.87. The van der Waals surface area contributed by atoms with Crippen LogP contribution >= 0.6 is 0 Å². The fourth-order valence-corrected chi connectivity index (χ4v) is 3.42. The molecule has 0 saturated carbocycles. The molecule has 0 fully saturated rings. The molecule has 6 nitrogen and oxygen atoms in total. The van der Waals surface area contributed by atoms with Gasteiger partial charge in [0.25, 0.3) is 0 Å². The van der Waals surface area contributed by atoms with Gasteiger partial charge in [-0.15, -0.1) is 0 Å². The molecular weight excluding hydrogens is 399 g/mol. The lowest BCUT2D eigenvalue weighted by Gasteiger charge is -2.19. The summed E-state index contributed by atoms with van der Waals surface area (Å²) in [5.41, 5.74) is 2.27. The van der Waals surface area contributed by atoms with Crippen LogP contribution in [0, 0.1) is 0 Å². The number of halogens is 3. The van der Waals surface area contributed by atoms with E-state index in [1.54, 1.807) is 18.2 Å². The summed E-state index contributed by atoms with van der Waals surface area (Å²) in [6, 6.07) is 8.13. The third kappa shape index (κ3) is 4.24. The predicted octanol–water partition coefficient (Wildman–Crippen LogP) is 4.54. The van der Waals surface area contributed by atoms with Crippen molar-refractivity contribution in [1.82, 2.24) is 5.32 Å². The minimum atomic E-state index is -4.47. The van der Waals surface area contributed by atoms with E-state index in [0.717, 1.165) is 17.7 Å². The van der Waals surface area contributed by atoms with Crippen molar-refractivity contribution in [2.45, 2.75) is 25.6 Å². The quantitative estimate of drug-likeness (QED) is 0.628. The van der Waals surface area contributed by atoms with Crippen molar-refractivity contribution in [3.05, 3.63) is 59.2 Å². The standard InChI is InChI=1S/C21H18F3N3O3/c22-21(23,24)14-4-6-16-12(2-1-7-30-18(16)9-14)8-19(28)26-15-5-3-13-11-25-20(29)27-17(13)10-15/h3-6,8-10H,1-2,7,11H2,(H,26,28)(H2,25,27,29)/b12-8+. The highest BCUT2D eigenvalue weighted by Crippen LogP contribution is 2.38. The number of hydrogen-bond donors (Lipinski definition) is 3. The number of carbonyl (C=O) groups is 2. The van der Waals surface area contributed by atoms with Gasteiger partial charge in [0.15, 0.2) is 0 Å². The van der Waals surface area contributed by atoms with Crippen LogP contribution in [0.1, 0.15) is 29.5 Å². The Hall–Kier alpha value is -3.49.